The molecule has 3 heteroatoms. The summed E-state index contributed by atoms with van der Waals surface area (Å²) in [5.41, 5.74) is 0.0217. The lowest BCUT2D eigenvalue weighted by Gasteiger charge is -2.40. The summed E-state index contributed by atoms with van der Waals surface area (Å²) < 4.78 is 11.0. The summed E-state index contributed by atoms with van der Waals surface area (Å²) in [5.74, 6) is 0.747. The van der Waals surface area contributed by atoms with Crippen molar-refractivity contribution in [2.24, 2.45) is 0 Å². The van der Waals surface area contributed by atoms with Gasteiger partial charge in [0.05, 0.1) is 24.9 Å². The van der Waals surface area contributed by atoms with E-state index in [1.165, 1.54) is 0 Å². The molecule has 1 heterocycles. The molecule has 1 N–H and O–H groups in total. The molecule has 2 atom stereocenters. The number of aliphatic hydroxyl groups is 1. The molecule has 1 aromatic rings. The van der Waals surface area contributed by atoms with Crippen LogP contribution in [0, 0.1) is 0 Å². The van der Waals surface area contributed by atoms with E-state index < -0.39 is 5.60 Å². The Morgan fingerprint density at radius 3 is 2.41 bits per heavy atom. The van der Waals surface area contributed by atoms with Gasteiger partial charge in [-0.2, -0.15) is 0 Å². The number of hydrogen-bond acceptors (Lipinski definition) is 3. The van der Waals surface area contributed by atoms with E-state index in [1.807, 2.05) is 38.1 Å². The molecule has 17 heavy (non-hydrogen) atoms. The van der Waals surface area contributed by atoms with Crippen LogP contribution in [0.1, 0.15) is 32.3 Å². The molecule has 1 saturated heterocycles. The molecule has 1 aliphatic rings. The first-order chi connectivity index (χ1) is 8.05. The van der Waals surface area contributed by atoms with Crippen LogP contribution >= 0.6 is 0 Å². The maximum Gasteiger partial charge on any atom is 0.124 e. The van der Waals surface area contributed by atoms with Gasteiger partial charge < -0.3 is 14.6 Å². The van der Waals surface area contributed by atoms with Crippen molar-refractivity contribution in [3.8, 4) is 5.75 Å². The van der Waals surface area contributed by atoms with Crippen molar-refractivity contribution in [2.45, 2.75) is 44.5 Å². The van der Waals surface area contributed by atoms with Gasteiger partial charge in [0.15, 0.2) is 0 Å². The number of rotatable bonds is 2. The van der Waals surface area contributed by atoms with Gasteiger partial charge in [-0.15, -0.1) is 0 Å². The lowest BCUT2D eigenvalue weighted by Crippen LogP contribution is -2.41. The molecule has 0 saturated carbocycles. The summed E-state index contributed by atoms with van der Waals surface area (Å²) in [5, 5.41) is 10.8. The van der Waals surface area contributed by atoms with E-state index in [1.54, 1.807) is 7.11 Å². The summed E-state index contributed by atoms with van der Waals surface area (Å²) >= 11 is 0. The zero-order chi connectivity index (χ0) is 12.5. The van der Waals surface area contributed by atoms with Crippen molar-refractivity contribution in [3.63, 3.8) is 0 Å². The Hall–Kier alpha value is -1.06. The second-order valence-corrected chi connectivity index (χ2v) is 4.90. The number of ether oxygens (including phenoxy) is 2. The number of para-hydroxylation sites is 1. The molecule has 1 fully saturated rings. The highest BCUT2D eigenvalue weighted by Gasteiger charge is 2.39. The summed E-state index contributed by atoms with van der Waals surface area (Å²) in [6, 6.07) is 7.67. The van der Waals surface area contributed by atoms with Gasteiger partial charge in [-0.25, -0.2) is 0 Å². The molecule has 0 radical (unpaired) electrons. The van der Waals surface area contributed by atoms with Crippen LogP contribution in [0.25, 0.3) is 0 Å². The summed E-state index contributed by atoms with van der Waals surface area (Å²) in [6.07, 6.45) is 1.34. The van der Waals surface area contributed by atoms with Crippen LogP contribution in [0.3, 0.4) is 0 Å². The normalized spacial score (nSPS) is 33.4. The van der Waals surface area contributed by atoms with E-state index in [0.717, 1.165) is 11.3 Å². The second-order valence-electron chi connectivity index (χ2n) is 4.90. The fraction of sp³-hybridized carbons (Fsp3) is 0.571. The lowest BCUT2D eigenvalue weighted by molar-refractivity contribution is -0.136. The first-order valence-corrected chi connectivity index (χ1v) is 6.06. The van der Waals surface area contributed by atoms with Crippen molar-refractivity contribution in [1.29, 1.82) is 0 Å². The van der Waals surface area contributed by atoms with Crippen molar-refractivity contribution in [2.75, 3.05) is 7.11 Å². The van der Waals surface area contributed by atoms with Gasteiger partial charge in [-0.3, -0.25) is 0 Å². The molecular weight excluding hydrogens is 216 g/mol. The van der Waals surface area contributed by atoms with Crippen molar-refractivity contribution < 1.29 is 14.6 Å². The van der Waals surface area contributed by atoms with Gasteiger partial charge in [0.1, 0.15) is 5.75 Å². The molecule has 2 rings (SSSR count). The highest BCUT2D eigenvalue weighted by molar-refractivity contribution is 5.38. The zero-order valence-electron chi connectivity index (χ0n) is 10.6. The van der Waals surface area contributed by atoms with Crippen LogP contribution in [0.15, 0.2) is 24.3 Å². The second kappa shape index (κ2) is 4.67. The summed E-state index contributed by atoms with van der Waals surface area (Å²) in [7, 11) is 1.63. The van der Waals surface area contributed by atoms with Crippen LogP contribution in [-0.2, 0) is 10.3 Å². The molecule has 0 aromatic heterocycles. The van der Waals surface area contributed by atoms with Crippen molar-refractivity contribution in [1.82, 2.24) is 0 Å². The van der Waals surface area contributed by atoms with Crippen LogP contribution in [-0.4, -0.2) is 24.4 Å². The molecule has 1 aliphatic heterocycles. The maximum atomic E-state index is 10.8. The number of methoxy groups -OCH3 is 1. The van der Waals surface area contributed by atoms with E-state index in [-0.39, 0.29) is 12.2 Å². The Kier molecular flexibility index (Phi) is 3.40. The predicted molar refractivity (Wildman–Crippen MR) is 66.1 cm³/mol. The quantitative estimate of drug-likeness (QED) is 0.857. The average Bonchev–Trinajstić information content (AvgIpc) is 2.27. The number of hydrogen-bond donors (Lipinski definition) is 1. The fourth-order valence-corrected chi connectivity index (χ4v) is 2.78. The smallest absolute Gasteiger partial charge is 0.124 e. The third kappa shape index (κ3) is 2.45. The Balaban J connectivity index is 2.36. The highest BCUT2D eigenvalue weighted by atomic mass is 16.5. The van der Waals surface area contributed by atoms with Gasteiger partial charge in [-0.1, -0.05) is 18.2 Å². The van der Waals surface area contributed by atoms with Crippen LogP contribution in [0.2, 0.25) is 0 Å². The molecule has 0 spiro atoms. The fourth-order valence-electron chi connectivity index (χ4n) is 2.78. The molecule has 0 amide bonds. The predicted octanol–water partition coefficient (Wildman–Crippen LogP) is 2.47. The first kappa shape index (κ1) is 12.4. The Morgan fingerprint density at radius 2 is 1.82 bits per heavy atom. The molecular formula is C14H20O3. The Labute approximate surface area is 102 Å². The van der Waals surface area contributed by atoms with Gasteiger partial charge in [0.2, 0.25) is 0 Å². The van der Waals surface area contributed by atoms with Crippen molar-refractivity contribution >= 4 is 0 Å². The van der Waals surface area contributed by atoms with Crippen LogP contribution in [0.5, 0.6) is 5.75 Å². The van der Waals surface area contributed by atoms with E-state index >= 15 is 0 Å². The molecule has 1 aromatic carbocycles. The van der Waals surface area contributed by atoms with E-state index in [0.29, 0.717) is 12.8 Å². The van der Waals surface area contributed by atoms with E-state index in [9.17, 15) is 5.11 Å². The minimum atomic E-state index is -0.844. The average molecular weight is 236 g/mol. The number of benzene rings is 1. The third-order valence-electron chi connectivity index (χ3n) is 3.32. The summed E-state index contributed by atoms with van der Waals surface area (Å²) in [6.45, 7) is 3.99. The topological polar surface area (TPSA) is 38.7 Å². The first-order valence-electron chi connectivity index (χ1n) is 6.06. The van der Waals surface area contributed by atoms with Crippen LogP contribution in [0.4, 0.5) is 0 Å². The maximum absolute atomic E-state index is 10.8. The Morgan fingerprint density at radius 1 is 1.24 bits per heavy atom. The minimum absolute atomic E-state index is 0.0636. The van der Waals surface area contributed by atoms with Crippen molar-refractivity contribution in [3.05, 3.63) is 29.8 Å². The SMILES string of the molecule is COc1ccccc1C1(O)CC(C)OC(C)C1. The highest BCUT2D eigenvalue weighted by Crippen LogP contribution is 2.41. The zero-order valence-corrected chi connectivity index (χ0v) is 10.6. The molecule has 3 nitrogen and oxygen atoms in total. The molecule has 2 unspecified atom stereocenters. The van der Waals surface area contributed by atoms with Gasteiger partial charge in [0, 0.05) is 18.4 Å². The third-order valence-corrected chi connectivity index (χ3v) is 3.32. The van der Waals surface area contributed by atoms with Gasteiger partial charge in [-0.05, 0) is 19.9 Å². The van der Waals surface area contributed by atoms with Gasteiger partial charge in [0.25, 0.3) is 0 Å². The Bertz CT molecular complexity index is 379. The van der Waals surface area contributed by atoms with Gasteiger partial charge >= 0.3 is 0 Å². The largest absolute Gasteiger partial charge is 0.496 e. The monoisotopic (exact) mass is 236 g/mol. The molecule has 0 bridgehead atoms. The lowest BCUT2D eigenvalue weighted by atomic mass is 9.81. The van der Waals surface area contributed by atoms with Crippen LogP contribution < -0.4 is 4.74 Å². The van der Waals surface area contributed by atoms with E-state index in [4.69, 9.17) is 9.47 Å². The minimum Gasteiger partial charge on any atom is -0.496 e. The molecule has 94 valence electrons. The standard InChI is InChI=1S/C14H20O3/c1-10-8-14(15,9-11(2)17-10)12-6-4-5-7-13(12)16-3/h4-7,10-11,15H,8-9H2,1-3H3. The molecule has 0 aliphatic carbocycles. The van der Waals surface area contributed by atoms with E-state index in [2.05, 4.69) is 0 Å². The summed E-state index contributed by atoms with van der Waals surface area (Å²) in [4.78, 5) is 0.